The van der Waals surface area contributed by atoms with Crippen LogP contribution in [0.15, 0.2) is 53.5 Å². The zero-order valence-corrected chi connectivity index (χ0v) is 24.2. The van der Waals surface area contributed by atoms with E-state index in [1.165, 1.54) is 12.1 Å². The van der Waals surface area contributed by atoms with Gasteiger partial charge >= 0.3 is 6.18 Å². The molecule has 2 aliphatic heterocycles. The molecule has 0 saturated carbocycles. The summed E-state index contributed by atoms with van der Waals surface area (Å²) in [4.78, 5) is 35.9. The molecule has 42 heavy (non-hydrogen) atoms. The monoisotopic (exact) mass is 587 g/mol. The summed E-state index contributed by atoms with van der Waals surface area (Å²) < 4.78 is 38.8. The summed E-state index contributed by atoms with van der Waals surface area (Å²) >= 11 is 0. The van der Waals surface area contributed by atoms with Gasteiger partial charge in [0.05, 0.1) is 12.1 Å². The number of aliphatic hydroxyl groups is 1. The first kappa shape index (κ1) is 31.5. The minimum absolute atomic E-state index is 0.0530. The lowest BCUT2D eigenvalue weighted by Crippen LogP contribution is -2.35. The highest BCUT2D eigenvalue weighted by atomic mass is 19.4. The number of benzene rings is 2. The molecule has 2 aliphatic rings. The minimum Gasteiger partial charge on any atom is -0.371 e. The Morgan fingerprint density at radius 2 is 1.79 bits per heavy atom. The number of alkyl halides is 3. The van der Waals surface area contributed by atoms with Crippen LogP contribution in [0, 0.1) is 0 Å². The molecule has 2 unspecified atom stereocenters. The van der Waals surface area contributed by atoms with Crippen molar-refractivity contribution in [3.63, 3.8) is 0 Å². The van der Waals surface area contributed by atoms with Gasteiger partial charge in [0.2, 0.25) is 0 Å². The van der Waals surface area contributed by atoms with Gasteiger partial charge in [-0.15, -0.1) is 0 Å². The molecule has 0 spiro atoms. The highest BCUT2D eigenvalue weighted by Crippen LogP contribution is 2.29. The van der Waals surface area contributed by atoms with E-state index in [4.69, 9.17) is 0 Å². The number of nitrogens with zero attached hydrogens (tertiary/aromatic N) is 4. The van der Waals surface area contributed by atoms with E-state index in [1.807, 2.05) is 43.0 Å². The number of nitrogens with one attached hydrogen (secondary N) is 1. The Labute approximate surface area is 245 Å². The van der Waals surface area contributed by atoms with Crippen LogP contribution < -0.4 is 10.2 Å². The summed E-state index contributed by atoms with van der Waals surface area (Å²) in [7, 11) is 0. The summed E-state index contributed by atoms with van der Waals surface area (Å²) in [6.45, 7) is 8.48. The van der Waals surface area contributed by atoms with Gasteiger partial charge in [0.15, 0.2) is 6.23 Å². The summed E-state index contributed by atoms with van der Waals surface area (Å²) in [5.74, 6) is -0.640. The number of rotatable bonds is 9. The summed E-state index contributed by atoms with van der Waals surface area (Å²) in [6, 6.07) is 12.5. The smallest absolute Gasteiger partial charge is 0.371 e. The SMILES string of the molecule is CCN(CC)C(=O)c1ccc(N2CCCC(N3CCC(=NC(O)CNC(=O)c4cccc(C(F)(F)F)c4)C3)CC2)cc1. The van der Waals surface area contributed by atoms with Crippen molar-refractivity contribution < 1.29 is 27.9 Å². The van der Waals surface area contributed by atoms with Crippen LogP contribution in [0.2, 0.25) is 0 Å². The molecular formula is C31H40F3N5O3. The van der Waals surface area contributed by atoms with Crippen molar-refractivity contribution in [3.8, 4) is 0 Å². The van der Waals surface area contributed by atoms with E-state index in [0.29, 0.717) is 31.2 Å². The highest BCUT2D eigenvalue weighted by molar-refractivity contribution is 5.95. The number of anilines is 1. The first-order valence-corrected chi connectivity index (χ1v) is 14.7. The topological polar surface area (TPSA) is 88.5 Å². The second-order valence-electron chi connectivity index (χ2n) is 10.8. The fraction of sp³-hybridized carbons (Fsp3) is 0.516. The number of amides is 2. The van der Waals surface area contributed by atoms with Gasteiger partial charge in [-0.1, -0.05) is 6.07 Å². The highest BCUT2D eigenvalue weighted by Gasteiger charge is 2.31. The van der Waals surface area contributed by atoms with Crippen LogP contribution in [0.4, 0.5) is 18.9 Å². The number of hydrogen-bond acceptors (Lipinski definition) is 6. The van der Waals surface area contributed by atoms with Crippen LogP contribution in [0.3, 0.4) is 0 Å². The van der Waals surface area contributed by atoms with Crippen LogP contribution in [-0.4, -0.2) is 90.5 Å². The Bertz CT molecular complexity index is 1250. The number of hydrogen-bond donors (Lipinski definition) is 2. The van der Waals surface area contributed by atoms with Crippen molar-refractivity contribution in [1.82, 2.24) is 15.1 Å². The predicted octanol–water partition coefficient (Wildman–Crippen LogP) is 4.44. The third-order valence-electron chi connectivity index (χ3n) is 8.05. The molecule has 0 bridgehead atoms. The molecule has 2 aromatic carbocycles. The third kappa shape index (κ3) is 8.10. The largest absolute Gasteiger partial charge is 0.416 e. The first-order chi connectivity index (χ1) is 20.1. The van der Waals surface area contributed by atoms with Crippen molar-refractivity contribution in [2.24, 2.45) is 4.99 Å². The molecule has 228 valence electrons. The van der Waals surface area contributed by atoms with Crippen LogP contribution in [0.1, 0.15) is 65.8 Å². The molecule has 0 aliphatic carbocycles. The van der Waals surface area contributed by atoms with Crippen LogP contribution in [-0.2, 0) is 6.18 Å². The second-order valence-corrected chi connectivity index (χ2v) is 10.8. The van der Waals surface area contributed by atoms with E-state index in [2.05, 4.69) is 20.1 Å². The summed E-state index contributed by atoms with van der Waals surface area (Å²) in [5.41, 5.74) is 1.65. The number of aliphatic hydroxyl groups excluding tert-OH is 1. The van der Waals surface area contributed by atoms with E-state index in [1.54, 1.807) is 0 Å². The van der Waals surface area contributed by atoms with Gasteiger partial charge in [0, 0.05) is 67.8 Å². The molecule has 2 N–H and O–H groups in total. The average molecular weight is 588 g/mol. The molecule has 2 fully saturated rings. The maximum Gasteiger partial charge on any atom is 0.416 e. The van der Waals surface area contributed by atoms with Crippen molar-refractivity contribution in [2.75, 3.05) is 50.7 Å². The van der Waals surface area contributed by atoms with Crippen LogP contribution in [0.5, 0.6) is 0 Å². The van der Waals surface area contributed by atoms with Crippen molar-refractivity contribution in [1.29, 1.82) is 0 Å². The maximum atomic E-state index is 12.9. The average Bonchev–Trinajstić information content (AvgIpc) is 3.30. The van der Waals surface area contributed by atoms with Gasteiger partial charge in [-0.05, 0) is 82.0 Å². The minimum atomic E-state index is -4.54. The van der Waals surface area contributed by atoms with E-state index >= 15 is 0 Å². The lowest BCUT2D eigenvalue weighted by molar-refractivity contribution is -0.137. The zero-order valence-electron chi connectivity index (χ0n) is 24.2. The Kier molecular flexibility index (Phi) is 10.6. The fourth-order valence-corrected chi connectivity index (χ4v) is 5.67. The van der Waals surface area contributed by atoms with E-state index in [-0.39, 0.29) is 18.0 Å². The van der Waals surface area contributed by atoms with Gasteiger partial charge in [0.1, 0.15) is 0 Å². The standard InChI is InChI=1S/C31H40F3N5O3/c1-3-37(4-2)30(42)22-10-12-27(13-11-22)38-16-6-9-26(15-18-38)39-17-14-25(21-39)36-28(40)20-35-29(41)23-7-5-8-24(19-23)31(32,33)34/h5,7-8,10-13,19,26,28,40H,3-4,6,9,14-18,20-21H2,1-2H3,(H,35,41). The maximum absolute atomic E-state index is 12.9. The predicted molar refractivity (Wildman–Crippen MR) is 157 cm³/mol. The van der Waals surface area contributed by atoms with Crippen LogP contribution in [0.25, 0.3) is 0 Å². The third-order valence-corrected chi connectivity index (χ3v) is 8.05. The second kappa shape index (κ2) is 14.2. The Morgan fingerprint density at radius 3 is 2.48 bits per heavy atom. The molecule has 11 heteroatoms. The van der Waals surface area contributed by atoms with E-state index in [0.717, 1.165) is 68.8 Å². The van der Waals surface area contributed by atoms with Gasteiger partial charge in [-0.25, -0.2) is 0 Å². The Balaban J connectivity index is 1.25. The molecule has 2 aromatic rings. The number of aliphatic imine (C=N–C) groups is 1. The molecular weight excluding hydrogens is 547 g/mol. The first-order valence-electron chi connectivity index (χ1n) is 14.7. The number of carbonyl (C=O) groups excluding carboxylic acids is 2. The zero-order chi connectivity index (χ0) is 30.3. The summed E-state index contributed by atoms with van der Waals surface area (Å²) in [5, 5.41) is 12.8. The fourth-order valence-electron chi connectivity index (χ4n) is 5.67. The molecule has 2 amide bonds. The number of carbonyl (C=O) groups is 2. The van der Waals surface area contributed by atoms with Gasteiger partial charge in [-0.2, -0.15) is 13.2 Å². The molecule has 2 atom stereocenters. The van der Waals surface area contributed by atoms with Gasteiger partial charge < -0.3 is 20.2 Å². The normalized spacial score (nSPS) is 19.9. The molecule has 2 saturated heterocycles. The van der Waals surface area contributed by atoms with Crippen LogP contribution >= 0.6 is 0 Å². The lowest BCUT2D eigenvalue weighted by atomic mass is 10.1. The summed E-state index contributed by atoms with van der Waals surface area (Å²) in [6.07, 6.45) is -1.90. The molecule has 0 aromatic heterocycles. The molecule has 2 heterocycles. The lowest BCUT2D eigenvalue weighted by Gasteiger charge is -2.27. The Hall–Kier alpha value is -3.44. The van der Waals surface area contributed by atoms with Gasteiger partial charge in [0.25, 0.3) is 11.8 Å². The van der Waals surface area contributed by atoms with Crippen molar-refractivity contribution in [2.45, 2.75) is 58.0 Å². The molecule has 8 nitrogen and oxygen atoms in total. The molecule has 0 radical (unpaired) electrons. The van der Waals surface area contributed by atoms with Crippen molar-refractivity contribution >= 4 is 23.2 Å². The molecule has 4 rings (SSSR count). The van der Waals surface area contributed by atoms with Gasteiger partial charge in [-0.3, -0.25) is 19.5 Å². The van der Waals surface area contributed by atoms with E-state index in [9.17, 15) is 27.9 Å². The number of halogens is 3. The Morgan fingerprint density at radius 1 is 1.05 bits per heavy atom. The quantitative estimate of drug-likeness (QED) is 0.453. The van der Waals surface area contributed by atoms with E-state index < -0.39 is 23.9 Å². The van der Waals surface area contributed by atoms with Crippen molar-refractivity contribution in [3.05, 3.63) is 65.2 Å². The number of likely N-dealkylation sites (tertiary alicyclic amines) is 1.